The number of para-hydroxylation sites is 1. The minimum absolute atomic E-state index is 0.179. The van der Waals surface area contributed by atoms with Gasteiger partial charge in [-0.3, -0.25) is 4.79 Å². The van der Waals surface area contributed by atoms with Crippen LogP contribution in [0.25, 0.3) is 0 Å². The zero-order chi connectivity index (χ0) is 12.7. The topological polar surface area (TPSA) is 81.6 Å². The van der Waals surface area contributed by atoms with E-state index in [0.29, 0.717) is 0 Å². The molecule has 94 valence electrons. The predicted octanol–water partition coefficient (Wildman–Crippen LogP) is -0.0436. The lowest BCUT2D eigenvalue weighted by atomic mass is 10.2. The monoisotopic (exact) mass is 238 g/mol. The van der Waals surface area contributed by atoms with Crippen LogP contribution in [0, 0.1) is 0 Å². The van der Waals surface area contributed by atoms with Gasteiger partial charge in [0.2, 0.25) is 5.91 Å². The molecule has 0 aliphatic heterocycles. The maximum Gasteiger partial charge on any atom is 0.241 e. The molecule has 0 aromatic heterocycles. The van der Waals surface area contributed by atoms with E-state index in [1.807, 2.05) is 18.2 Å². The van der Waals surface area contributed by atoms with Gasteiger partial charge in [0.15, 0.2) is 0 Å². The third-order valence-electron chi connectivity index (χ3n) is 2.31. The quantitative estimate of drug-likeness (QED) is 0.560. The molecule has 0 fully saturated rings. The molecule has 0 saturated carbocycles. The molecule has 17 heavy (non-hydrogen) atoms. The summed E-state index contributed by atoms with van der Waals surface area (Å²) in [6.45, 7) is 1.56. The van der Waals surface area contributed by atoms with Gasteiger partial charge >= 0.3 is 0 Å². The minimum atomic E-state index is -0.845. The van der Waals surface area contributed by atoms with Crippen molar-refractivity contribution in [3.63, 3.8) is 0 Å². The lowest BCUT2D eigenvalue weighted by molar-refractivity contribution is -0.117. The predicted molar refractivity (Wildman–Crippen MR) is 65.6 cm³/mol. The highest BCUT2D eigenvalue weighted by Crippen LogP contribution is 2.05. The molecular formula is C12H18N2O3. The molecule has 2 atom stereocenters. The van der Waals surface area contributed by atoms with Gasteiger partial charge in [-0.05, 0) is 19.1 Å². The van der Waals surface area contributed by atoms with Crippen molar-refractivity contribution in [2.24, 2.45) is 0 Å². The first-order valence-electron chi connectivity index (χ1n) is 5.51. The standard InChI is InChI=1S/C12H18N2O3/c1-9(13-7-11(16)8-15)12(17)14-10-5-3-2-4-6-10/h2-6,9,11,13,15-16H,7-8H2,1H3,(H,14,17). The zero-order valence-corrected chi connectivity index (χ0v) is 9.76. The molecule has 1 aromatic carbocycles. The molecule has 1 rings (SSSR count). The van der Waals surface area contributed by atoms with E-state index >= 15 is 0 Å². The SMILES string of the molecule is CC(NCC(O)CO)C(=O)Nc1ccccc1. The summed E-state index contributed by atoms with van der Waals surface area (Å²) >= 11 is 0. The van der Waals surface area contributed by atoms with Gasteiger partial charge in [-0.15, -0.1) is 0 Å². The maximum absolute atomic E-state index is 11.7. The van der Waals surface area contributed by atoms with Crippen molar-refractivity contribution in [1.82, 2.24) is 5.32 Å². The molecule has 0 saturated heterocycles. The number of nitrogens with one attached hydrogen (secondary N) is 2. The smallest absolute Gasteiger partial charge is 0.241 e. The molecule has 2 unspecified atom stereocenters. The lowest BCUT2D eigenvalue weighted by Gasteiger charge is -2.15. The van der Waals surface area contributed by atoms with Crippen molar-refractivity contribution >= 4 is 11.6 Å². The van der Waals surface area contributed by atoms with Crippen molar-refractivity contribution in [3.8, 4) is 0 Å². The van der Waals surface area contributed by atoms with Crippen molar-refractivity contribution in [2.75, 3.05) is 18.5 Å². The molecular weight excluding hydrogens is 220 g/mol. The Morgan fingerprint density at radius 3 is 2.59 bits per heavy atom. The van der Waals surface area contributed by atoms with E-state index in [1.165, 1.54) is 0 Å². The summed E-state index contributed by atoms with van der Waals surface area (Å²) in [5.74, 6) is -0.179. The van der Waals surface area contributed by atoms with E-state index in [2.05, 4.69) is 10.6 Å². The fourth-order valence-electron chi connectivity index (χ4n) is 1.24. The van der Waals surface area contributed by atoms with Crippen LogP contribution in [0.4, 0.5) is 5.69 Å². The van der Waals surface area contributed by atoms with Gasteiger partial charge in [-0.1, -0.05) is 18.2 Å². The number of carbonyl (C=O) groups excluding carboxylic acids is 1. The van der Waals surface area contributed by atoms with Gasteiger partial charge in [-0.25, -0.2) is 0 Å². The zero-order valence-electron chi connectivity index (χ0n) is 9.76. The Morgan fingerprint density at radius 2 is 2.00 bits per heavy atom. The summed E-state index contributed by atoms with van der Waals surface area (Å²) in [5, 5.41) is 23.3. The van der Waals surface area contributed by atoms with Crippen LogP contribution < -0.4 is 10.6 Å². The Morgan fingerprint density at radius 1 is 1.35 bits per heavy atom. The molecule has 0 aliphatic carbocycles. The van der Waals surface area contributed by atoms with Crippen molar-refractivity contribution < 1.29 is 15.0 Å². The average molecular weight is 238 g/mol. The molecule has 0 bridgehead atoms. The Hall–Kier alpha value is -1.43. The van der Waals surface area contributed by atoms with Crippen LogP contribution in [0.2, 0.25) is 0 Å². The van der Waals surface area contributed by atoms with Crippen LogP contribution in [0.3, 0.4) is 0 Å². The van der Waals surface area contributed by atoms with Crippen LogP contribution in [-0.4, -0.2) is 41.4 Å². The van der Waals surface area contributed by atoms with E-state index in [0.717, 1.165) is 5.69 Å². The van der Waals surface area contributed by atoms with Gasteiger partial charge in [0.05, 0.1) is 18.8 Å². The molecule has 5 heteroatoms. The van der Waals surface area contributed by atoms with Crippen molar-refractivity contribution in [3.05, 3.63) is 30.3 Å². The number of aliphatic hydroxyl groups excluding tert-OH is 2. The molecule has 1 amide bonds. The van der Waals surface area contributed by atoms with Gasteiger partial charge < -0.3 is 20.8 Å². The number of anilines is 1. The van der Waals surface area contributed by atoms with E-state index in [9.17, 15) is 4.79 Å². The Bertz CT molecular complexity index is 343. The number of rotatable bonds is 6. The first-order valence-corrected chi connectivity index (χ1v) is 5.51. The van der Waals surface area contributed by atoms with Crippen LogP contribution in [-0.2, 0) is 4.79 Å². The summed E-state index contributed by atoms with van der Waals surface area (Å²) in [6, 6.07) is 8.71. The highest BCUT2D eigenvalue weighted by atomic mass is 16.3. The molecule has 5 nitrogen and oxygen atoms in total. The molecule has 4 N–H and O–H groups in total. The van der Waals surface area contributed by atoms with Crippen molar-refractivity contribution in [2.45, 2.75) is 19.1 Å². The fourth-order valence-corrected chi connectivity index (χ4v) is 1.24. The Balaban J connectivity index is 2.37. The highest BCUT2D eigenvalue weighted by molar-refractivity contribution is 5.94. The van der Waals surface area contributed by atoms with E-state index in [-0.39, 0.29) is 19.1 Å². The molecule has 0 heterocycles. The number of benzene rings is 1. The van der Waals surface area contributed by atoms with Gasteiger partial charge in [-0.2, -0.15) is 0 Å². The van der Waals surface area contributed by atoms with Crippen LogP contribution in [0.5, 0.6) is 0 Å². The third kappa shape index (κ3) is 4.95. The number of aliphatic hydroxyl groups is 2. The normalized spacial score (nSPS) is 14.1. The summed E-state index contributed by atoms with van der Waals surface area (Å²) < 4.78 is 0. The molecule has 0 spiro atoms. The van der Waals surface area contributed by atoms with Gasteiger partial charge in [0.25, 0.3) is 0 Å². The van der Waals surface area contributed by atoms with Crippen molar-refractivity contribution in [1.29, 1.82) is 0 Å². The van der Waals surface area contributed by atoms with Gasteiger partial charge in [0.1, 0.15) is 0 Å². The Kier molecular flexibility index (Phi) is 5.62. The van der Waals surface area contributed by atoms with Crippen LogP contribution >= 0.6 is 0 Å². The highest BCUT2D eigenvalue weighted by Gasteiger charge is 2.13. The first kappa shape index (κ1) is 13.6. The molecule has 0 aliphatic rings. The largest absolute Gasteiger partial charge is 0.394 e. The third-order valence-corrected chi connectivity index (χ3v) is 2.31. The Labute approximate surface area is 100 Å². The summed E-state index contributed by atoms with van der Waals surface area (Å²) in [5.41, 5.74) is 0.730. The molecule has 1 aromatic rings. The van der Waals surface area contributed by atoms with Gasteiger partial charge in [0, 0.05) is 12.2 Å². The number of hydrogen-bond donors (Lipinski definition) is 4. The number of hydrogen-bond acceptors (Lipinski definition) is 4. The second-order valence-corrected chi connectivity index (χ2v) is 3.82. The van der Waals surface area contributed by atoms with Crippen LogP contribution in [0.1, 0.15) is 6.92 Å². The average Bonchev–Trinajstić information content (AvgIpc) is 2.36. The summed E-state index contributed by atoms with van der Waals surface area (Å²) in [6.07, 6.45) is -0.845. The fraction of sp³-hybridized carbons (Fsp3) is 0.417. The van der Waals surface area contributed by atoms with Crippen LogP contribution in [0.15, 0.2) is 30.3 Å². The lowest BCUT2D eigenvalue weighted by Crippen LogP contribution is -2.42. The van der Waals surface area contributed by atoms with E-state index in [4.69, 9.17) is 10.2 Å². The molecule has 0 radical (unpaired) electrons. The minimum Gasteiger partial charge on any atom is -0.394 e. The first-order chi connectivity index (χ1) is 8.13. The summed E-state index contributed by atoms with van der Waals surface area (Å²) in [4.78, 5) is 11.7. The second-order valence-electron chi connectivity index (χ2n) is 3.82. The van der Waals surface area contributed by atoms with E-state index in [1.54, 1.807) is 19.1 Å². The number of carbonyl (C=O) groups is 1. The number of amides is 1. The second kappa shape index (κ2) is 7.01. The van der Waals surface area contributed by atoms with E-state index < -0.39 is 12.1 Å². The maximum atomic E-state index is 11.7. The summed E-state index contributed by atoms with van der Waals surface area (Å²) in [7, 11) is 0.